The number of piperazine rings is 1. The minimum Gasteiger partial charge on any atom is -0.466 e. The molecular formula is C15H24ClN3O2. The number of hydrogen-bond donors (Lipinski definition) is 1. The molecule has 2 aliphatic rings. The molecule has 21 heavy (non-hydrogen) atoms. The average Bonchev–Trinajstić information content (AvgIpc) is 3.06. The molecule has 0 radical (unpaired) electrons. The minimum absolute atomic E-state index is 0. The highest BCUT2D eigenvalue weighted by Gasteiger charge is 2.32. The van der Waals surface area contributed by atoms with Gasteiger partial charge in [0.1, 0.15) is 11.5 Å². The van der Waals surface area contributed by atoms with E-state index < -0.39 is 0 Å². The summed E-state index contributed by atoms with van der Waals surface area (Å²) in [4.78, 5) is 17.0. The van der Waals surface area contributed by atoms with Gasteiger partial charge >= 0.3 is 0 Å². The van der Waals surface area contributed by atoms with Crippen LogP contribution in [-0.4, -0.2) is 61.0 Å². The standard InChI is InChI=1S/C15H23N3O2.ClH/c1-11-9-14(12(2)20-11)15(19)18-6-3-13(10-18)17-7-4-16-5-8-17;/h9,13,16H,3-8,10H2,1-2H3;1H. The fraction of sp³-hybridized carbons (Fsp3) is 0.667. The number of rotatable bonds is 2. The van der Waals surface area contributed by atoms with Crippen LogP contribution in [-0.2, 0) is 0 Å². The van der Waals surface area contributed by atoms with E-state index in [1.54, 1.807) is 0 Å². The first-order valence-corrected chi connectivity index (χ1v) is 7.46. The Labute approximate surface area is 132 Å². The van der Waals surface area contributed by atoms with Gasteiger partial charge in [0, 0.05) is 45.3 Å². The number of carbonyl (C=O) groups is 1. The minimum atomic E-state index is 0. The fourth-order valence-electron chi connectivity index (χ4n) is 3.29. The van der Waals surface area contributed by atoms with Crippen LogP contribution in [0.3, 0.4) is 0 Å². The molecule has 1 atom stereocenters. The maximum Gasteiger partial charge on any atom is 0.257 e. The molecule has 5 nitrogen and oxygen atoms in total. The summed E-state index contributed by atoms with van der Waals surface area (Å²) in [5, 5.41) is 3.37. The van der Waals surface area contributed by atoms with Crippen molar-refractivity contribution in [1.82, 2.24) is 15.1 Å². The average molecular weight is 314 g/mol. The van der Waals surface area contributed by atoms with Crippen molar-refractivity contribution in [2.45, 2.75) is 26.3 Å². The van der Waals surface area contributed by atoms with Crippen molar-refractivity contribution in [2.75, 3.05) is 39.3 Å². The zero-order valence-electron chi connectivity index (χ0n) is 12.7. The summed E-state index contributed by atoms with van der Waals surface area (Å²) in [6.07, 6.45) is 1.08. The van der Waals surface area contributed by atoms with Crippen LogP contribution in [0.1, 0.15) is 28.3 Å². The number of nitrogens with one attached hydrogen (secondary N) is 1. The van der Waals surface area contributed by atoms with Gasteiger partial charge in [0.05, 0.1) is 5.56 Å². The maximum atomic E-state index is 12.5. The second kappa shape index (κ2) is 6.81. The van der Waals surface area contributed by atoms with Gasteiger partial charge in [-0.1, -0.05) is 0 Å². The Bertz CT molecular complexity index is 497. The zero-order valence-corrected chi connectivity index (χ0v) is 13.5. The highest BCUT2D eigenvalue weighted by molar-refractivity contribution is 5.95. The molecular weight excluding hydrogens is 290 g/mol. The zero-order chi connectivity index (χ0) is 14.1. The summed E-state index contributed by atoms with van der Waals surface area (Å²) in [6, 6.07) is 2.38. The first kappa shape index (κ1) is 16.3. The number of nitrogens with zero attached hydrogens (tertiary/aromatic N) is 2. The van der Waals surface area contributed by atoms with Crippen LogP contribution < -0.4 is 5.32 Å². The van der Waals surface area contributed by atoms with Gasteiger partial charge in [0.15, 0.2) is 0 Å². The van der Waals surface area contributed by atoms with Crippen molar-refractivity contribution in [3.8, 4) is 0 Å². The Kier molecular flexibility index (Phi) is 5.30. The second-order valence-corrected chi connectivity index (χ2v) is 5.81. The molecule has 3 heterocycles. The lowest BCUT2D eigenvalue weighted by Gasteiger charge is -2.32. The predicted octanol–water partition coefficient (Wildman–Crippen LogP) is 1.44. The highest BCUT2D eigenvalue weighted by Crippen LogP contribution is 2.21. The number of carbonyl (C=O) groups excluding carboxylic acids is 1. The van der Waals surface area contributed by atoms with Crippen LogP contribution in [0.25, 0.3) is 0 Å². The van der Waals surface area contributed by atoms with Crippen LogP contribution in [0, 0.1) is 13.8 Å². The SMILES string of the molecule is Cc1cc(C(=O)N2CCC(N3CCNCC3)C2)c(C)o1.Cl. The van der Waals surface area contributed by atoms with E-state index in [1.807, 2.05) is 24.8 Å². The molecule has 6 heteroatoms. The topological polar surface area (TPSA) is 48.7 Å². The Morgan fingerprint density at radius 2 is 2.00 bits per heavy atom. The summed E-state index contributed by atoms with van der Waals surface area (Å²) >= 11 is 0. The van der Waals surface area contributed by atoms with E-state index in [0.29, 0.717) is 6.04 Å². The van der Waals surface area contributed by atoms with Gasteiger partial charge in [-0.05, 0) is 26.3 Å². The van der Waals surface area contributed by atoms with Gasteiger partial charge in [-0.15, -0.1) is 12.4 Å². The van der Waals surface area contributed by atoms with Crippen LogP contribution in [0.15, 0.2) is 10.5 Å². The van der Waals surface area contributed by atoms with Gasteiger partial charge in [-0.25, -0.2) is 0 Å². The van der Waals surface area contributed by atoms with Crippen LogP contribution in [0.2, 0.25) is 0 Å². The van der Waals surface area contributed by atoms with E-state index in [9.17, 15) is 4.79 Å². The molecule has 0 aliphatic carbocycles. The Morgan fingerprint density at radius 3 is 2.62 bits per heavy atom. The van der Waals surface area contributed by atoms with E-state index >= 15 is 0 Å². The van der Waals surface area contributed by atoms with Crippen LogP contribution in [0.5, 0.6) is 0 Å². The molecule has 2 saturated heterocycles. The quantitative estimate of drug-likeness (QED) is 0.897. The Hall–Kier alpha value is -1.04. The third kappa shape index (κ3) is 3.42. The van der Waals surface area contributed by atoms with Gasteiger partial charge in [-0.3, -0.25) is 9.69 Å². The van der Waals surface area contributed by atoms with Crippen molar-refractivity contribution in [3.05, 3.63) is 23.2 Å². The number of amides is 1. The lowest BCUT2D eigenvalue weighted by atomic mass is 10.2. The third-order valence-electron chi connectivity index (χ3n) is 4.39. The van der Waals surface area contributed by atoms with Gasteiger partial charge in [0.25, 0.3) is 5.91 Å². The molecule has 0 saturated carbocycles. The summed E-state index contributed by atoms with van der Waals surface area (Å²) in [7, 11) is 0. The molecule has 1 aromatic heterocycles. The largest absolute Gasteiger partial charge is 0.466 e. The summed E-state index contributed by atoms with van der Waals surface area (Å²) < 4.78 is 5.47. The maximum absolute atomic E-state index is 12.5. The molecule has 1 N–H and O–H groups in total. The molecule has 0 spiro atoms. The Morgan fingerprint density at radius 1 is 1.29 bits per heavy atom. The predicted molar refractivity (Wildman–Crippen MR) is 84.2 cm³/mol. The molecule has 0 aromatic carbocycles. The molecule has 118 valence electrons. The lowest BCUT2D eigenvalue weighted by Crippen LogP contribution is -2.49. The summed E-state index contributed by atoms with van der Waals surface area (Å²) in [6.45, 7) is 9.77. The van der Waals surface area contributed by atoms with E-state index in [4.69, 9.17) is 4.42 Å². The molecule has 0 bridgehead atoms. The first-order chi connectivity index (χ1) is 9.65. The Balaban J connectivity index is 0.00000161. The molecule has 3 rings (SSSR count). The van der Waals surface area contributed by atoms with E-state index in [2.05, 4.69) is 10.2 Å². The van der Waals surface area contributed by atoms with E-state index in [0.717, 1.165) is 62.8 Å². The van der Waals surface area contributed by atoms with Crippen molar-refractivity contribution >= 4 is 18.3 Å². The summed E-state index contributed by atoms with van der Waals surface area (Å²) in [5.74, 6) is 1.67. The van der Waals surface area contributed by atoms with Crippen LogP contribution in [0.4, 0.5) is 0 Å². The molecule has 1 amide bonds. The lowest BCUT2D eigenvalue weighted by molar-refractivity contribution is 0.0771. The number of aryl methyl sites for hydroxylation is 2. The van der Waals surface area contributed by atoms with E-state index in [-0.39, 0.29) is 18.3 Å². The number of furan rings is 1. The monoisotopic (exact) mass is 313 g/mol. The fourth-order valence-corrected chi connectivity index (χ4v) is 3.29. The van der Waals surface area contributed by atoms with Crippen molar-refractivity contribution in [2.24, 2.45) is 0 Å². The second-order valence-electron chi connectivity index (χ2n) is 5.81. The van der Waals surface area contributed by atoms with Gasteiger partial charge in [0.2, 0.25) is 0 Å². The molecule has 2 aliphatic heterocycles. The van der Waals surface area contributed by atoms with Crippen molar-refractivity contribution < 1.29 is 9.21 Å². The number of halogens is 1. The first-order valence-electron chi connectivity index (χ1n) is 7.46. The number of hydrogen-bond acceptors (Lipinski definition) is 4. The van der Waals surface area contributed by atoms with Crippen LogP contribution >= 0.6 is 12.4 Å². The molecule has 2 fully saturated rings. The van der Waals surface area contributed by atoms with Gasteiger partial charge < -0.3 is 14.6 Å². The van der Waals surface area contributed by atoms with Crippen molar-refractivity contribution in [3.63, 3.8) is 0 Å². The summed E-state index contributed by atoms with van der Waals surface area (Å²) in [5.41, 5.74) is 0.725. The van der Waals surface area contributed by atoms with Gasteiger partial charge in [-0.2, -0.15) is 0 Å². The molecule has 1 unspecified atom stereocenters. The van der Waals surface area contributed by atoms with Crippen molar-refractivity contribution in [1.29, 1.82) is 0 Å². The highest BCUT2D eigenvalue weighted by atomic mass is 35.5. The van der Waals surface area contributed by atoms with E-state index in [1.165, 1.54) is 0 Å². The third-order valence-corrected chi connectivity index (χ3v) is 4.39. The molecule has 1 aromatic rings. The number of likely N-dealkylation sites (tertiary alicyclic amines) is 1. The smallest absolute Gasteiger partial charge is 0.257 e. The normalized spacial score (nSPS) is 23.1.